The van der Waals surface area contributed by atoms with Gasteiger partial charge in [0.25, 0.3) is 0 Å². The molecule has 112 valence electrons. The first kappa shape index (κ1) is 15.3. The molecule has 3 nitrogen and oxygen atoms in total. The fraction of sp³-hybridized carbons (Fsp3) is 0.706. The summed E-state index contributed by atoms with van der Waals surface area (Å²) >= 11 is 0. The summed E-state index contributed by atoms with van der Waals surface area (Å²) < 4.78 is 5.55. The quantitative estimate of drug-likeness (QED) is 0.772. The van der Waals surface area contributed by atoms with Crippen LogP contribution in [0.4, 0.5) is 0 Å². The van der Waals surface area contributed by atoms with E-state index in [9.17, 15) is 4.79 Å². The van der Waals surface area contributed by atoms with Crippen molar-refractivity contribution in [2.45, 2.75) is 39.5 Å². The highest BCUT2D eigenvalue weighted by molar-refractivity contribution is 5.77. The van der Waals surface area contributed by atoms with Crippen LogP contribution in [0.15, 0.2) is 23.8 Å². The lowest BCUT2D eigenvalue weighted by Crippen LogP contribution is -2.41. The molecule has 0 bridgehead atoms. The van der Waals surface area contributed by atoms with E-state index in [0.717, 1.165) is 50.6 Å². The van der Waals surface area contributed by atoms with E-state index in [1.165, 1.54) is 5.57 Å². The maximum atomic E-state index is 12.1. The number of amides is 1. The van der Waals surface area contributed by atoms with Crippen molar-refractivity contribution in [3.05, 3.63) is 23.8 Å². The van der Waals surface area contributed by atoms with Gasteiger partial charge >= 0.3 is 0 Å². The summed E-state index contributed by atoms with van der Waals surface area (Å²) in [6.45, 7) is 7.12. The Morgan fingerprint density at radius 3 is 2.70 bits per heavy atom. The van der Waals surface area contributed by atoms with Gasteiger partial charge in [0.2, 0.25) is 5.91 Å². The maximum absolute atomic E-state index is 12.1. The van der Waals surface area contributed by atoms with Crippen LogP contribution in [0.25, 0.3) is 0 Å². The summed E-state index contributed by atoms with van der Waals surface area (Å²) in [6, 6.07) is 0. The van der Waals surface area contributed by atoms with Gasteiger partial charge in [0.1, 0.15) is 6.61 Å². The average molecular weight is 277 g/mol. The third kappa shape index (κ3) is 4.48. The van der Waals surface area contributed by atoms with Gasteiger partial charge in [0, 0.05) is 13.1 Å². The van der Waals surface area contributed by atoms with E-state index < -0.39 is 0 Å². The molecule has 0 saturated carbocycles. The molecule has 0 N–H and O–H groups in total. The summed E-state index contributed by atoms with van der Waals surface area (Å²) in [5, 5.41) is 0. The van der Waals surface area contributed by atoms with Crippen LogP contribution in [0, 0.1) is 11.8 Å². The lowest BCUT2D eigenvalue weighted by molar-refractivity contribution is -0.137. The number of nitrogens with zero attached hydrogens (tertiary/aromatic N) is 1. The van der Waals surface area contributed by atoms with Crippen molar-refractivity contribution in [3.63, 3.8) is 0 Å². The highest BCUT2D eigenvalue weighted by atomic mass is 16.5. The van der Waals surface area contributed by atoms with Crippen LogP contribution in [0.5, 0.6) is 0 Å². The van der Waals surface area contributed by atoms with E-state index in [2.05, 4.69) is 32.1 Å². The van der Waals surface area contributed by atoms with Crippen LogP contribution in [-0.4, -0.2) is 37.1 Å². The fourth-order valence-corrected chi connectivity index (χ4v) is 2.94. The minimum absolute atomic E-state index is 0.146. The lowest BCUT2D eigenvalue weighted by atomic mass is 9.87. The van der Waals surface area contributed by atoms with Crippen molar-refractivity contribution in [1.29, 1.82) is 0 Å². The van der Waals surface area contributed by atoms with E-state index in [4.69, 9.17) is 4.74 Å². The number of rotatable bonds is 5. The van der Waals surface area contributed by atoms with Crippen molar-refractivity contribution >= 4 is 5.91 Å². The molecule has 1 fully saturated rings. The van der Waals surface area contributed by atoms with Gasteiger partial charge in [-0.2, -0.15) is 0 Å². The number of likely N-dealkylation sites (tertiary alicyclic amines) is 1. The minimum Gasteiger partial charge on any atom is -0.367 e. The number of ether oxygens (including phenoxy) is 1. The molecule has 0 aromatic rings. The van der Waals surface area contributed by atoms with Gasteiger partial charge < -0.3 is 9.64 Å². The standard InChI is InChI=1S/C17H27NO2/c1-14(2)16-8-10-18(11-9-16)17(19)13-20-12-15-6-4-3-5-7-15/h4,6-7,14,16H,3,5,8-13H2,1-2H3. The predicted octanol–water partition coefficient (Wildman–Crippen LogP) is 3.17. The number of hydrogen-bond acceptors (Lipinski definition) is 2. The first-order valence-corrected chi connectivity index (χ1v) is 7.88. The Kier molecular flexibility index (Phi) is 5.84. The fourth-order valence-electron chi connectivity index (χ4n) is 2.94. The van der Waals surface area contributed by atoms with E-state index in [0.29, 0.717) is 6.61 Å². The van der Waals surface area contributed by atoms with Gasteiger partial charge in [-0.1, -0.05) is 32.1 Å². The van der Waals surface area contributed by atoms with Crippen molar-refractivity contribution in [1.82, 2.24) is 4.90 Å². The zero-order chi connectivity index (χ0) is 14.4. The Balaban J connectivity index is 1.65. The Hall–Kier alpha value is -1.09. The van der Waals surface area contributed by atoms with E-state index >= 15 is 0 Å². The average Bonchev–Trinajstić information content (AvgIpc) is 2.48. The largest absolute Gasteiger partial charge is 0.367 e. The normalized spacial score (nSPS) is 20.4. The minimum atomic E-state index is 0.146. The van der Waals surface area contributed by atoms with Gasteiger partial charge in [-0.25, -0.2) is 0 Å². The van der Waals surface area contributed by atoms with Crippen LogP contribution in [0.1, 0.15) is 39.5 Å². The molecule has 1 heterocycles. The molecule has 3 heteroatoms. The summed E-state index contributed by atoms with van der Waals surface area (Å²) in [4.78, 5) is 14.0. The second-order valence-electron chi connectivity index (χ2n) is 6.21. The Labute approximate surface area is 122 Å². The summed E-state index contributed by atoms with van der Waals surface area (Å²) in [6.07, 6.45) is 10.9. The van der Waals surface area contributed by atoms with Crippen molar-refractivity contribution < 1.29 is 9.53 Å². The molecule has 0 aromatic heterocycles. The zero-order valence-corrected chi connectivity index (χ0v) is 12.8. The first-order chi connectivity index (χ1) is 9.66. The molecule has 2 rings (SSSR count). The van der Waals surface area contributed by atoms with Gasteiger partial charge in [-0.3, -0.25) is 4.79 Å². The molecule has 2 aliphatic rings. The van der Waals surface area contributed by atoms with E-state index in [-0.39, 0.29) is 12.5 Å². The Bertz CT molecular complexity index is 376. The number of carbonyl (C=O) groups is 1. The molecule has 1 saturated heterocycles. The third-order valence-corrected chi connectivity index (χ3v) is 4.40. The topological polar surface area (TPSA) is 29.5 Å². The molecule has 1 aliphatic carbocycles. The van der Waals surface area contributed by atoms with Gasteiger partial charge in [0.05, 0.1) is 6.61 Å². The summed E-state index contributed by atoms with van der Waals surface area (Å²) in [5.41, 5.74) is 1.20. The Morgan fingerprint density at radius 1 is 1.35 bits per heavy atom. The molecule has 20 heavy (non-hydrogen) atoms. The molecule has 1 amide bonds. The third-order valence-electron chi connectivity index (χ3n) is 4.40. The monoisotopic (exact) mass is 277 g/mol. The molecule has 0 radical (unpaired) electrons. The molecule has 0 aromatic carbocycles. The van der Waals surface area contributed by atoms with E-state index in [1.807, 2.05) is 4.90 Å². The number of carbonyl (C=O) groups excluding carboxylic acids is 1. The van der Waals surface area contributed by atoms with Crippen molar-refractivity contribution in [2.24, 2.45) is 11.8 Å². The highest BCUT2D eigenvalue weighted by Crippen LogP contribution is 2.24. The molecular weight excluding hydrogens is 250 g/mol. The Morgan fingerprint density at radius 2 is 2.10 bits per heavy atom. The first-order valence-electron chi connectivity index (χ1n) is 7.88. The highest BCUT2D eigenvalue weighted by Gasteiger charge is 2.24. The smallest absolute Gasteiger partial charge is 0.248 e. The van der Waals surface area contributed by atoms with Crippen LogP contribution in [-0.2, 0) is 9.53 Å². The molecule has 0 spiro atoms. The van der Waals surface area contributed by atoms with Crippen molar-refractivity contribution in [3.8, 4) is 0 Å². The van der Waals surface area contributed by atoms with Gasteiger partial charge in [-0.15, -0.1) is 0 Å². The predicted molar refractivity (Wildman–Crippen MR) is 81.4 cm³/mol. The molecular formula is C17H27NO2. The van der Waals surface area contributed by atoms with Crippen molar-refractivity contribution in [2.75, 3.05) is 26.3 Å². The lowest BCUT2D eigenvalue weighted by Gasteiger charge is -2.33. The van der Waals surface area contributed by atoms with Crippen LogP contribution in [0.2, 0.25) is 0 Å². The second-order valence-corrected chi connectivity index (χ2v) is 6.21. The van der Waals surface area contributed by atoms with Crippen LogP contribution < -0.4 is 0 Å². The van der Waals surface area contributed by atoms with E-state index in [1.54, 1.807) is 0 Å². The van der Waals surface area contributed by atoms with Gasteiger partial charge in [-0.05, 0) is 43.1 Å². The SMILES string of the molecule is CC(C)C1CCN(C(=O)COCC2=CCCC=C2)CC1. The number of piperidine rings is 1. The zero-order valence-electron chi connectivity index (χ0n) is 12.8. The maximum Gasteiger partial charge on any atom is 0.248 e. The molecule has 1 aliphatic heterocycles. The van der Waals surface area contributed by atoms with Crippen LogP contribution in [0.3, 0.4) is 0 Å². The molecule has 0 unspecified atom stereocenters. The van der Waals surface area contributed by atoms with Gasteiger partial charge in [0.15, 0.2) is 0 Å². The molecule has 0 atom stereocenters. The summed E-state index contributed by atoms with van der Waals surface area (Å²) in [7, 11) is 0. The number of hydrogen-bond donors (Lipinski definition) is 0. The summed E-state index contributed by atoms with van der Waals surface area (Å²) in [5.74, 6) is 1.65. The van der Waals surface area contributed by atoms with Crippen LogP contribution >= 0.6 is 0 Å². The number of allylic oxidation sites excluding steroid dienone is 2. The second kappa shape index (κ2) is 7.63.